The molecule has 8 nitrogen and oxygen atoms in total. The smallest absolute Gasteiger partial charge is 0.394 e. The van der Waals surface area contributed by atoms with Crippen molar-refractivity contribution in [2.24, 2.45) is 0 Å². The van der Waals surface area contributed by atoms with Crippen molar-refractivity contribution in [3.8, 4) is 0 Å². The van der Waals surface area contributed by atoms with Crippen LogP contribution in [0.2, 0.25) is 0 Å². The summed E-state index contributed by atoms with van der Waals surface area (Å²) in [6.45, 7) is 0. The van der Waals surface area contributed by atoms with Crippen LogP contribution in [-0.4, -0.2) is 45.2 Å². The van der Waals surface area contributed by atoms with Crippen molar-refractivity contribution in [3.05, 3.63) is 0 Å². The Balaban J connectivity index is 4.28. The van der Waals surface area contributed by atoms with Crippen molar-refractivity contribution in [2.75, 3.05) is 0 Å². The second kappa shape index (κ2) is 5.58. The molecule has 84 valence electrons. The van der Waals surface area contributed by atoms with Gasteiger partial charge in [-0.25, -0.2) is 9.59 Å². The fourth-order valence-electron chi connectivity index (χ4n) is 0.745. The topological polar surface area (TPSA) is 141 Å². The molecule has 15 heavy (non-hydrogen) atoms. The summed E-state index contributed by atoms with van der Waals surface area (Å²) in [5.74, 6) is -6.01. The van der Waals surface area contributed by atoms with Crippen LogP contribution in [0.25, 0.3) is 0 Å². The summed E-state index contributed by atoms with van der Waals surface area (Å²) in [5.41, 5.74) is 0. The maximum absolute atomic E-state index is 10.6. The van der Waals surface area contributed by atoms with Gasteiger partial charge in [0.1, 0.15) is 6.04 Å². The Bertz CT molecular complexity index is 298. The van der Waals surface area contributed by atoms with E-state index in [0.29, 0.717) is 0 Å². The lowest BCUT2D eigenvalue weighted by molar-refractivity contribution is -0.152. The predicted molar refractivity (Wildman–Crippen MR) is 44.1 cm³/mol. The second-order valence-corrected chi connectivity index (χ2v) is 2.60. The monoisotopic (exact) mass is 219 g/mol. The van der Waals surface area contributed by atoms with Crippen LogP contribution in [0, 0.1) is 0 Å². The minimum atomic E-state index is -1.82. The molecule has 0 spiro atoms. The highest BCUT2D eigenvalue weighted by Gasteiger charge is 2.23. The molecule has 0 aliphatic heterocycles. The molecule has 0 aromatic rings. The van der Waals surface area contributed by atoms with Gasteiger partial charge in [-0.15, -0.1) is 0 Å². The molecule has 0 bridgehead atoms. The van der Waals surface area contributed by atoms with Crippen LogP contribution in [0.4, 0.5) is 0 Å². The van der Waals surface area contributed by atoms with Crippen molar-refractivity contribution in [1.29, 1.82) is 0 Å². The van der Waals surface area contributed by atoms with Gasteiger partial charge in [0.15, 0.2) is 0 Å². The Morgan fingerprint density at radius 1 is 1.07 bits per heavy atom. The highest BCUT2D eigenvalue weighted by molar-refractivity contribution is 6.31. The Kier molecular flexibility index (Phi) is 4.79. The number of carboxylic acids is 3. The molecule has 0 radical (unpaired) electrons. The molecule has 1 amide bonds. The van der Waals surface area contributed by atoms with Crippen LogP contribution in [0.15, 0.2) is 0 Å². The molecule has 0 heterocycles. The van der Waals surface area contributed by atoms with E-state index in [1.54, 1.807) is 5.32 Å². The molecule has 0 aromatic heterocycles. The molecular weight excluding hydrogens is 210 g/mol. The van der Waals surface area contributed by atoms with Gasteiger partial charge in [0, 0.05) is 6.42 Å². The van der Waals surface area contributed by atoms with E-state index in [0.717, 1.165) is 0 Å². The quantitative estimate of drug-likeness (QED) is 0.412. The van der Waals surface area contributed by atoms with Crippen molar-refractivity contribution < 1.29 is 34.5 Å². The van der Waals surface area contributed by atoms with Gasteiger partial charge < -0.3 is 20.6 Å². The van der Waals surface area contributed by atoms with Crippen molar-refractivity contribution in [3.63, 3.8) is 0 Å². The van der Waals surface area contributed by atoms with Gasteiger partial charge in [0.05, 0.1) is 0 Å². The van der Waals surface area contributed by atoms with Crippen LogP contribution in [0.3, 0.4) is 0 Å². The number of aliphatic carboxylic acids is 3. The van der Waals surface area contributed by atoms with Gasteiger partial charge >= 0.3 is 23.8 Å². The molecule has 0 aliphatic rings. The lowest BCUT2D eigenvalue weighted by Gasteiger charge is -2.11. The fourth-order valence-corrected chi connectivity index (χ4v) is 0.745. The summed E-state index contributed by atoms with van der Waals surface area (Å²) in [7, 11) is 0. The van der Waals surface area contributed by atoms with E-state index in [1.165, 1.54) is 0 Å². The minimum Gasteiger partial charge on any atom is -0.481 e. The Morgan fingerprint density at radius 2 is 1.60 bits per heavy atom. The average Bonchev–Trinajstić information content (AvgIpc) is 2.10. The molecule has 4 N–H and O–H groups in total. The first-order valence-electron chi connectivity index (χ1n) is 3.83. The normalized spacial score (nSPS) is 11.5. The lowest BCUT2D eigenvalue weighted by Crippen LogP contribution is -2.44. The maximum Gasteiger partial charge on any atom is 0.394 e. The Morgan fingerprint density at radius 3 is 1.93 bits per heavy atom. The van der Waals surface area contributed by atoms with Crippen molar-refractivity contribution >= 4 is 23.8 Å². The summed E-state index contributed by atoms with van der Waals surface area (Å²) >= 11 is 0. The highest BCUT2D eigenvalue weighted by Crippen LogP contribution is 1.97. The number of hydrogen-bond acceptors (Lipinski definition) is 4. The number of nitrogens with one attached hydrogen (secondary N) is 1. The number of rotatable bonds is 5. The molecule has 0 saturated heterocycles. The van der Waals surface area contributed by atoms with E-state index in [1.807, 2.05) is 0 Å². The molecule has 8 heteroatoms. The fraction of sp³-hybridized carbons (Fsp3) is 0.429. The summed E-state index contributed by atoms with van der Waals surface area (Å²) in [4.78, 5) is 41.2. The number of carbonyl (C=O) groups excluding carboxylic acids is 1. The van der Waals surface area contributed by atoms with Crippen LogP contribution in [0.5, 0.6) is 0 Å². The molecule has 0 saturated carbocycles. The summed E-state index contributed by atoms with van der Waals surface area (Å²) in [6, 6.07) is -1.51. The van der Waals surface area contributed by atoms with E-state index in [4.69, 9.17) is 15.3 Å². The SMILES string of the molecule is O=C(O)CC[C@H](NC(=O)C(=O)O)C(=O)O. The Labute approximate surface area is 83.5 Å². The van der Waals surface area contributed by atoms with Crippen molar-refractivity contribution in [1.82, 2.24) is 5.32 Å². The van der Waals surface area contributed by atoms with Crippen LogP contribution >= 0.6 is 0 Å². The zero-order chi connectivity index (χ0) is 12.0. The third kappa shape index (κ3) is 5.24. The standard InChI is InChI=1S/C7H9NO7/c9-4(10)2-1-3(6(12)13)8-5(11)7(14)15/h3H,1-2H2,(H,8,11)(H,9,10)(H,12,13)(H,14,15)/t3-/m0/s1. The molecule has 0 aromatic carbocycles. The van der Waals surface area contributed by atoms with E-state index < -0.39 is 36.3 Å². The second-order valence-electron chi connectivity index (χ2n) is 2.60. The zero-order valence-corrected chi connectivity index (χ0v) is 7.47. The van der Waals surface area contributed by atoms with E-state index in [9.17, 15) is 19.2 Å². The van der Waals surface area contributed by atoms with Crippen LogP contribution in [-0.2, 0) is 19.2 Å². The number of amides is 1. The first-order valence-corrected chi connectivity index (χ1v) is 3.83. The van der Waals surface area contributed by atoms with Gasteiger partial charge in [-0.1, -0.05) is 0 Å². The largest absolute Gasteiger partial charge is 0.481 e. The van der Waals surface area contributed by atoms with E-state index in [2.05, 4.69) is 0 Å². The van der Waals surface area contributed by atoms with Gasteiger partial charge in [0.25, 0.3) is 0 Å². The summed E-state index contributed by atoms with van der Waals surface area (Å²) in [5, 5.41) is 26.6. The van der Waals surface area contributed by atoms with Gasteiger partial charge in [0.2, 0.25) is 0 Å². The number of hydrogen-bond donors (Lipinski definition) is 4. The van der Waals surface area contributed by atoms with Crippen molar-refractivity contribution in [2.45, 2.75) is 18.9 Å². The van der Waals surface area contributed by atoms with E-state index in [-0.39, 0.29) is 6.42 Å². The minimum absolute atomic E-state index is 0.371. The molecule has 1 atom stereocenters. The lowest BCUT2D eigenvalue weighted by atomic mass is 10.1. The van der Waals surface area contributed by atoms with Crippen LogP contribution in [0.1, 0.15) is 12.8 Å². The molecule has 0 unspecified atom stereocenters. The zero-order valence-electron chi connectivity index (χ0n) is 7.47. The predicted octanol–water partition coefficient (Wildman–Crippen LogP) is -1.49. The maximum atomic E-state index is 10.6. The molecular formula is C7H9NO7. The highest BCUT2D eigenvalue weighted by atomic mass is 16.4. The van der Waals surface area contributed by atoms with Gasteiger partial charge in [-0.05, 0) is 6.42 Å². The average molecular weight is 219 g/mol. The first-order chi connectivity index (χ1) is 6.84. The number of carbonyl (C=O) groups is 4. The Hall–Kier alpha value is -2.12. The van der Waals surface area contributed by atoms with Gasteiger partial charge in [-0.3, -0.25) is 9.59 Å². The van der Waals surface area contributed by atoms with Crippen LogP contribution < -0.4 is 5.32 Å². The summed E-state index contributed by atoms with van der Waals surface area (Å²) < 4.78 is 0. The third-order valence-electron chi connectivity index (χ3n) is 1.44. The third-order valence-corrected chi connectivity index (χ3v) is 1.44. The molecule has 0 fully saturated rings. The first kappa shape index (κ1) is 12.9. The van der Waals surface area contributed by atoms with E-state index >= 15 is 0 Å². The molecule has 0 rings (SSSR count). The number of carboxylic acid groups (broad SMARTS) is 3. The molecule has 0 aliphatic carbocycles. The van der Waals surface area contributed by atoms with Gasteiger partial charge in [-0.2, -0.15) is 0 Å². The summed E-state index contributed by atoms with van der Waals surface area (Å²) in [6.07, 6.45) is -0.847.